The molecule has 140 valence electrons. The number of phenolic OH excluding ortho intramolecular Hbond substituents is 1. The second kappa shape index (κ2) is 5.96. The molecule has 0 atom stereocenters. The van der Waals surface area contributed by atoms with Gasteiger partial charge in [-0.2, -0.15) is 0 Å². The second-order valence-electron chi connectivity index (χ2n) is 6.72. The van der Waals surface area contributed by atoms with Gasteiger partial charge in [0.2, 0.25) is 5.88 Å². The van der Waals surface area contributed by atoms with Crippen molar-refractivity contribution in [3.63, 3.8) is 0 Å². The summed E-state index contributed by atoms with van der Waals surface area (Å²) in [4.78, 5) is 3.30. The number of methoxy groups -OCH3 is 3. The number of benzene rings is 4. The van der Waals surface area contributed by atoms with Crippen LogP contribution >= 0.6 is 0 Å². The molecule has 5 aromatic rings. The van der Waals surface area contributed by atoms with Gasteiger partial charge in [-0.05, 0) is 28.3 Å². The number of ether oxygens (including phenoxy) is 3. The van der Waals surface area contributed by atoms with Crippen LogP contribution in [0.3, 0.4) is 0 Å². The van der Waals surface area contributed by atoms with E-state index in [2.05, 4.69) is 11.1 Å². The van der Waals surface area contributed by atoms with Crippen molar-refractivity contribution in [3.8, 4) is 23.1 Å². The SMILES string of the molecule is COc1[nH]c2c(cc(OC)c3c2ccc2c4ccccc4cc(O)c23)c1OC. The number of aromatic amines is 1. The van der Waals surface area contributed by atoms with Crippen LogP contribution in [0.4, 0.5) is 0 Å². The molecule has 0 aliphatic carbocycles. The number of hydrogen-bond acceptors (Lipinski definition) is 4. The summed E-state index contributed by atoms with van der Waals surface area (Å²) in [6, 6.07) is 15.8. The molecule has 0 spiro atoms. The third kappa shape index (κ3) is 2.07. The Kier molecular flexibility index (Phi) is 3.52. The second-order valence-corrected chi connectivity index (χ2v) is 6.72. The Morgan fingerprint density at radius 1 is 0.750 bits per heavy atom. The molecule has 5 nitrogen and oxygen atoms in total. The van der Waals surface area contributed by atoms with Crippen LogP contribution in [0.5, 0.6) is 23.1 Å². The summed E-state index contributed by atoms with van der Waals surface area (Å²) in [5.74, 6) is 2.07. The number of phenols is 1. The van der Waals surface area contributed by atoms with E-state index in [1.165, 1.54) is 0 Å². The van der Waals surface area contributed by atoms with Crippen LogP contribution in [-0.2, 0) is 0 Å². The number of rotatable bonds is 3. The molecule has 0 aliphatic rings. The standard InChI is InChI=1S/C23H19NO4/c1-26-18-11-16-21(24-23(28-3)22(16)27-2)15-9-8-14-13-7-5-4-6-12(13)10-17(25)19(14)20(15)18/h4-11,24-25H,1-3H3. The minimum atomic E-state index is 0.224. The molecular weight excluding hydrogens is 354 g/mol. The molecule has 28 heavy (non-hydrogen) atoms. The highest BCUT2D eigenvalue weighted by Crippen LogP contribution is 2.47. The van der Waals surface area contributed by atoms with Gasteiger partial charge in [-0.25, -0.2) is 0 Å². The van der Waals surface area contributed by atoms with Crippen LogP contribution in [0.1, 0.15) is 0 Å². The lowest BCUT2D eigenvalue weighted by molar-refractivity contribution is 0.350. The Bertz CT molecular complexity index is 1380. The molecule has 0 fully saturated rings. The van der Waals surface area contributed by atoms with Crippen molar-refractivity contribution in [1.29, 1.82) is 0 Å². The van der Waals surface area contributed by atoms with Gasteiger partial charge in [0.15, 0.2) is 5.75 Å². The van der Waals surface area contributed by atoms with E-state index in [-0.39, 0.29) is 5.75 Å². The van der Waals surface area contributed by atoms with E-state index in [1.807, 2.05) is 36.4 Å². The average molecular weight is 373 g/mol. The van der Waals surface area contributed by atoms with Gasteiger partial charge in [-0.3, -0.25) is 0 Å². The third-order valence-electron chi connectivity index (χ3n) is 5.38. The fourth-order valence-electron chi connectivity index (χ4n) is 4.18. The first-order valence-corrected chi connectivity index (χ1v) is 8.95. The highest BCUT2D eigenvalue weighted by Gasteiger charge is 2.20. The first-order valence-electron chi connectivity index (χ1n) is 8.95. The van der Waals surface area contributed by atoms with Gasteiger partial charge in [-0.1, -0.05) is 36.4 Å². The first kappa shape index (κ1) is 16.6. The maximum Gasteiger partial charge on any atom is 0.235 e. The lowest BCUT2D eigenvalue weighted by atomic mass is 9.94. The van der Waals surface area contributed by atoms with Gasteiger partial charge >= 0.3 is 0 Å². The van der Waals surface area contributed by atoms with Crippen molar-refractivity contribution < 1.29 is 19.3 Å². The zero-order valence-corrected chi connectivity index (χ0v) is 15.8. The average Bonchev–Trinajstić information content (AvgIpc) is 3.10. The predicted octanol–water partition coefficient (Wildman–Crippen LogP) is 5.36. The number of fused-ring (bicyclic) bond motifs is 7. The van der Waals surface area contributed by atoms with Gasteiger partial charge in [0.1, 0.15) is 11.5 Å². The summed E-state index contributed by atoms with van der Waals surface area (Å²) >= 11 is 0. The molecule has 1 heterocycles. The summed E-state index contributed by atoms with van der Waals surface area (Å²) in [6.45, 7) is 0. The van der Waals surface area contributed by atoms with Gasteiger partial charge in [0.25, 0.3) is 0 Å². The molecule has 0 unspecified atom stereocenters. The van der Waals surface area contributed by atoms with Gasteiger partial charge in [-0.15, -0.1) is 0 Å². The Morgan fingerprint density at radius 3 is 2.29 bits per heavy atom. The van der Waals surface area contributed by atoms with E-state index in [0.29, 0.717) is 17.4 Å². The van der Waals surface area contributed by atoms with Crippen molar-refractivity contribution >= 4 is 43.2 Å². The topological polar surface area (TPSA) is 63.7 Å². The summed E-state index contributed by atoms with van der Waals surface area (Å²) in [5.41, 5.74) is 0.874. The van der Waals surface area contributed by atoms with Crippen LogP contribution < -0.4 is 14.2 Å². The molecule has 0 saturated heterocycles. The molecule has 0 aliphatic heterocycles. The summed E-state index contributed by atoms with van der Waals surface area (Å²) in [6.07, 6.45) is 0. The summed E-state index contributed by atoms with van der Waals surface area (Å²) < 4.78 is 16.7. The molecule has 5 heteroatoms. The van der Waals surface area contributed by atoms with Gasteiger partial charge < -0.3 is 24.3 Å². The number of aromatic nitrogens is 1. The molecule has 0 amide bonds. The monoisotopic (exact) mass is 373 g/mol. The predicted molar refractivity (Wildman–Crippen MR) is 112 cm³/mol. The zero-order valence-electron chi connectivity index (χ0n) is 15.8. The molecule has 1 aromatic heterocycles. The van der Waals surface area contributed by atoms with Crippen LogP contribution in [0.15, 0.2) is 48.5 Å². The minimum absolute atomic E-state index is 0.224. The number of aromatic hydroxyl groups is 1. The zero-order chi connectivity index (χ0) is 19.4. The molecule has 0 bridgehead atoms. The number of nitrogens with one attached hydrogen (secondary N) is 1. The smallest absolute Gasteiger partial charge is 0.235 e. The van der Waals surface area contributed by atoms with E-state index in [0.717, 1.165) is 43.2 Å². The molecule has 2 N–H and O–H groups in total. The number of H-pyrrole nitrogens is 1. The van der Waals surface area contributed by atoms with Crippen LogP contribution in [0.25, 0.3) is 43.2 Å². The normalized spacial score (nSPS) is 11.5. The van der Waals surface area contributed by atoms with Crippen LogP contribution in [-0.4, -0.2) is 31.4 Å². The van der Waals surface area contributed by atoms with E-state index >= 15 is 0 Å². The Hall–Kier alpha value is -3.60. The van der Waals surface area contributed by atoms with Gasteiger partial charge in [0, 0.05) is 16.2 Å². The molecule has 0 radical (unpaired) electrons. The van der Waals surface area contributed by atoms with Crippen LogP contribution in [0, 0.1) is 0 Å². The Labute approximate surface area is 161 Å². The van der Waals surface area contributed by atoms with E-state index in [1.54, 1.807) is 27.4 Å². The fourth-order valence-corrected chi connectivity index (χ4v) is 4.18. The summed E-state index contributed by atoms with van der Waals surface area (Å²) in [5, 5.41) is 17.4. The van der Waals surface area contributed by atoms with E-state index < -0.39 is 0 Å². The van der Waals surface area contributed by atoms with Crippen molar-refractivity contribution in [3.05, 3.63) is 48.5 Å². The van der Waals surface area contributed by atoms with Crippen molar-refractivity contribution in [1.82, 2.24) is 4.98 Å². The quantitative estimate of drug-likeness (QED) is 0.418. The van der Waals surface area contributed by atoms with E-state index in [4.69, 9.17) is 14.2 Å². The summed E-state index contributed by atoms with van der Waals surface area (Å²) in [7, 11) is 4.84. The largest absolute Gasteiger partial charge is 0.507 e. The minimum Gasteiger partial charge on any atom is -0.507 e. The highest BCUT2D eigenvalue weighted by atomic mass is 16.5. The highest BCUT2D eigenvalue weighted by molar-refractivity contribution is 6.26. The van der Waals surface area contributed by atoms with Crippen LogP contribution in [0.2, 0.25) is 0 Å². The fraction of sp³-hybridized carbons (Fsp3) is 0.130. The third-order valence-corrected chi connectivity index (χ3v) is 5.38. The van der Waals surface area contributed by atoms with Gasteiger partial charge in [0.05, 0.1) is 32.2 Å². The number of hydrogen-bond donors (Lipinski definition) is 2. The lowest BCUT2D eigenvalue weighted by Gasteiger charge is -2.13. The molecule has 0 saturated carbocycles. The first-order chi connectivity index (χ1) is 13.7. The molecule has 5 rings (SSSR count). The maximum absolute atomic E-state index is 10.9. The Morgan fingerprint density at radius 2 is 1.54 bits per heavy atom. The maximum atomic E-state index is 10.9. The molecule has 4 aromatic carbocycles. The lowest BCUT2D eigenvalue weighted by Crippen LogP contribution is -1.90. The van der Waals surface area contributed by atoms with E-state index in [9.17, 15) is 5.11 Å². The Balaban J connectivity index is 2.05. The van der Waals surface area contributed by atoms with Crippen molar-refractivity contribution in [2.75, 3.05) is 21.3 Å². The van der Waals surface area contributed by atoms with Crippen molar-refractivity contribution in [2.45, 2.75) is 0 Å². The van der Waals surface area contributed by atoms with Crippen molar-refractivity contribution in [2.24, 2.45) is 0 Å². The molecular formula is C23H19NO4.